The summed E-state index contributed by atoms with van der Waals surface area (Å²) in [5, 5.41) is 9.67. The Kier molecular flexibility index (Phi) is 4.38. The summed E-state index contributed by atoms with van der Waals surface area (Å²) in [7, 11) is 0. The van der Waals surface area contributed by atoms with Crippen LogP contribution in [0.4, 0.5) is 0 Å². The number of ether oxygens (including phenoxy) is 1. The van der Waals surface area contributed by atoms with Gasteiger partial charge in [0, 0.05) is 5.56 Å². The second kappa shape index (κ2) is 6.21. The zero-order valence-corrected chi connectivity index (χ0v) is 11.2. The number of phenols is 1. The van der Waals surface area contributed by atoms with Gasteiger partial charge in [0.2, 0.25) is 0 Å². The van der Waals surface area contributed by atoms with Crippen molar-refractivity contribution >= 4 is 5.91 Å². The van der Waals surface area contributed by atoms with Crippen molar-refractivity contribution in [3.63, 3.8) is 0 Å². The van der Waals surface area contributed by atoms with Crippen LogP contribution in [-0.4, -0.2) is 11.0 Å². The molecule has 0 aliphatic carbocycles. The number of benzene rings is 2. The predicted molar refractivity (Wildman–Crippen MR) is 76.0 cm³/mol. The van der Waals surface area contributed by atoms with E-state index in [1.165, 1.54) is 0 Å². The van der Waals surface area contributed by atoms with Crippen LogP contribution in [0.5, 0.6) is 5.75 Å². The summed E-state index contributed by atoms with van der Waals surface area (Å²) >= 11 is 0. The number of primary amides is 1. The van der Waals surface area contributed by atoms with Crippen LogP contribution in [0.25, 0.3) is 0 Å². The Bertz CT molecular complexity index is 593. The number of rotatable bonds is 5. The predicted octanol–water partition coefficient (Wildman–Crippen LogP) is 2.44. The van der Waals surface area contributed by atoms with E-state index in [-0.39, 0.29) is 12.4 Å². The Morgan fingerprint density at radius 2 is 1.85 bits per heavy atom. The van der Waals surface area contributed by atoms with Crippen LogP contribution in [0.3, 0.4) is 0 Å². The molecule has 0 aromatic heterocycles. The molecule has 3 N–H and O–H groups in total. The normalized spacial score (nSPS) is 12.1. The van der Waals surface area contributed by atoms with Crippen molar-refractivity contribution in [3.8, 4) is 5.75 Å². The lowest BCUT2D eigenvalue weighted by molar-refractivity contribution is -0.130. The molecule has 0 spiro atoms. The SMILES string of the molecule is Cc1ccc(C(OCc2ccccc2O)C(N)=O)cc1. The summed E-state index contributed by atoms with van der Waals surface area (Å²) in [6.07, 6.45) is -0.824. The molecule has 0 aliphatic rings. The molecular weight excluding hydrogens is 254 g/mol. The molecule has 1 atom stereocenters. The summed E-state index contributed by atoms with van der Waals surface area (Å²) in [4.78, 5) is 11.5. The lowest BCUT2D eigenvalue weighted by atomic mass is 10.1. The van der Waals surface area contributed by atoms with Crippen molar-refractivity contribution in [2.24, 2.45) is 5.73 Å². The molecule has 0 fully saturated rings. The van der Waals surface area contributed by atoms with E-state index < -0.39 is 12.0 Å². The number of nitrogens with two attached hydrogens (primary N) is 1. The molecule has 1 unspecified atom stereocenters. The minimum absolute atomic E-state index is 0.119. The molecule has 4 heteroatoms. The number of para-hydroxylation sites is 1. The summed E-state index contributed by atoms with van der Waals surface area (Å²) in [5.74, 6) is -0.413. The first-order chi connectivity index (χ1) is 9.58. The summed E-state index contributed by atoms with van der Waals surface area (Å²) in [6.45, 7) is 2.08. The van der Waals surface area contributed by atoms with Gasteiger partial charge in [-0.15, -0.1) is 0 Å². The number of aryl methyl sites for hydroxylation is 1. The lowest BCUT2D eigenvalue weighted by Gasteiger charge is -2.15. The third kappa shape index (κ3) is 3.36. The number of carbonyl (C=O) groups excluding carboxylic acids is 1. The quantitative estimate of drug-likeness (QED) is 0.877. The molecule has 0 saturated heterocycles. The van der Waals surface area contributed by atoms with Gasteiger partial charge >= 0.3 is 0 Å². The second-order valence-corrected chi connectivity index (χ2v) is 4.63. The molecule has 0 heterocycles. The Balaban J connectivity index is 2.13. The van der Waals surface area contributed by atoms with E-state index in [1.807, 2.05) is 31.2 Å². The molecule has 2 rings (SSSR count). The first-order valence-corrected chi connectivity index (χ1v) is 6.32. The van der Waals surface area contributed by atoms with Gasteiger partial charge in [0.15, 0.2) is 6.10 Å². The average molecular weight is 271 g/mol. The van der Waals surface area contributed by atoms with E-state index in [0.29, 0.717) is 11.1 Å². The van der Waals surface area contributed by atoms with Gasteiger partial charge in [-0.2, -0.15) is 0 Å². The monoisotopic (exact) mass is 271 g/mol. The fourth-order valence-electron chi connectivity index (χ4n) is 1.89. The van der Waals surface area contributed by atoms with E-state index in [0.717, 1.165) is 5.56 Å². The molecular formula is C16H17NO3. The van der Waals surface area contributed by atoms with Gasteiger partial charge in [-0.1, -0.05) is 48.0 Å². The van der Waals surface area contributed by atoms with Gasteiger partial charge in [0.1, 0.15) is 5.75 Å². The maximum Gasteiger partial charge on any atom is 0.251 e. The van der Waals surface area contributed by atoms with Crippen molar-refractivity contribution in [1.29, 1.82) is 0 Å². The van der Waals surface area contributed by atoms with Gasteiger partial charge < -0.3 is 15.6 Å². The Labute approximate surface area is 117 Å². The molecule has 4 nitrogen and oxygen atoms in total. The highest BCUT2D eigenvalue weighted by atomic mass is 16.5. The van der Waals surface area contributed by atoms with Crippen molar-refractivity contribution < 1.29 is 14.6 Å². The Morgan fingerprint density at radius 3 is 2.45 bits per heavy atom. The molecule has 104 valence electrons. The summed E-state index contributed by atoms with van der Waals surface area (Å²) in [6, 6.07) is 14.3. The van der Waals surface area contributed by atoms with Crippen LogP contribution in [-0.2, 0) is 16.1 Å². The fourth-order valence-corrected chi connectivity index (χ4v) is 1.89. The van der Waals surface area contributed by atoms with Crippen molar-refractivity contribution in [1.82, 2.24) is 0 Å². The summed E-state index contributed by atoms with van der Waals surface area (Å²) in [5.41, 5.74) is 7.80. The first-order valence-electron chi connectivity index (χ1n) is 6.32. The lowest BCUT2D eigenvalue weighted by Crippen LogP contribution is -2.23. The van der Waals surface area contributed by atoms with Crippen molar-refractivity contribution in [2.75, 3.05) is 0 Å². The van der Waals surface area contributed by atoms with Crippen LogP contribution in [0, 0.1) is 6.92 Å². The van der Waals surface area contributed by atoms with Crippen LogP contribution in [0.1, 0.15) is 22.8 Å². The third-order valence-corrected chi connectivity index (χ3v) is 3.04. The highest BCUT2D eigenvalue weighted by Crippen LogP contribution is 2.22. The minimum Gasteiger partial charge on any atom is -0.508 e. The number of carbonyl (C=O) groups is 1. The number of hydrogen-bond acceptors (Lipinski definition) is 3. The van der Waals surface area contributed by atoms with Gasteiger partial charge in [-0.05, 0) is 18.6 Å². The third-order valence-electron chi connectivity index (χ3n) is 3.04. The highest BCUT2D eigenvalue weighted by Gasteiger charge is 2.18. The maximum absolute atomic E-state index is 11.5. The number of amides is 1. The smallest absolute Gasteiger partial charge is 0.251 e. The number of aromatic hydroxyl groups is 1. The molecule has 20 heavy (non-hydrogen) atoms. The van der Waals surface area contributed by atoms with Crippen LogP contribution in [0.15, 0.2) is 48.5 Å². The van der Waals surface area contributed by atoms with Crippen LogP contribution < -0.4 is 5.73 Å². The molecule has 2 aromatic carbocycles. The summed E-state index contributed by atoms with van der Waals surface area (Å²) < 4.78 is 5.56. The minimum atomic E-state index is -0.824. The molecule has 0 radical (unpaired) electrons. The molecule has 0 saturated carbocycles. The number of phenolic OH excluding ortho intramolecular Hbond substituents is 1. The zero-order chi connectivity index (χ0) is 14.5. The van der Waals surface area contributed by atoms with Gasteiger partial charge in [0.25, 0.3) is 5.91 Å². The number of hydrogen-bond donors (Lipinski definition) is 2. The topological polar surface area (TPSA) is 72.6 Å². The van der Waals surface area contributed by atoms with E-state index >= 15 is 0 Å². The van der Waals surface area contributed by atoms with Crippen LogP contribution >= 0.6 is 0 Å². The Hall–Kier alpha value is -2.33. The molecule has 2 aromatic rings. The fraction of sp³-hybridized carbons (Fsp3) is 0.188. The molecule has 1 amide bonds. The van der Waals surface area contributed by atoms with Gasteiger partial charge in [0.05, 0.1) is 6.61 Å². The zero-order valence-electron chi connectivity index (χ0n) is 11.2. The highest BCUT2D eigenvalue weighted by molar-refractivity contribution is 5.80. The largest absolute Gasteiger partial charge is 0.508 e. The average Bonchev–Trinajstić information content (AvgIpc) is 2.42. The van der Waals surface area contributed by atoms with E-state index in [9.17, 15) is 9.90 Å². The standard InChI is InChI=1S/C16H17NO3/c1-11-6-8-12(9-7-11)15(16(17)19)20-10-13-4-2-3-5-14(13)18/h2-9,15,18H,10H2,1H3,(H2,17,19). The van der Waals surface area contributed by atoms with E-state index in [1.54, 1.807) is 24.3 Å². The van der Waals surface area contributed by atoms with E-state index in [4.69, 9.17) is 10.5 Å². The second-order valence-electron chi connectivity index (χ2n) is 4.63. The van der Waals surface area contributed by atoms with Gasteiger partial charge in [-0.25, -0.2) is 0 Å². The van der Waals surface area contributed by atoms with Crippen LogP contribution in [0.2, 0.25) is 0 Å². The van der Waals surface area contributed by atoms with Crippen molar-refractivity contribution in [2.45, 2.75) is 19.6 Å². The molecule has 0 aliphatic heterocycles. The first kappa shape index (κ1) is 14.1. The van der Waals surface area contributed by atoms with Crippen molar-refractivity contribution in [3.05, 3.63) is 65.2 Å². The Morgan fingerprint density at radius 1 is 1.20 bits per heavy atom. The van der Waals surface area contributed by atoms with E-state index in [2.05, 4.69) is 0 Å². The molecule has 0 bridgehead atoms. The maximum atomic E-state index is 11.5. The van der Waals surface area contributed by atoms with Gasteiger partial charge in [-0.3, -0.25) is 4.79 Å².